The summed E-state index contributed by atoms with van der Waals surface area (Å²) in [7, 11) is 0. The van der Waals surface area contributed by atoms with Crippen LogP contribution in [0, 0.1) is 17.7 Å². The molecule has 2 atom stereocenters. The number of allylic oxidation sites excluding steroid dienone is 2. The molecule has 0 unspecified atom stereocenters. The van der Waals surface area contributed by atoms with Gasteiger partial charge in [-0.05, 0) is 31.0 Å². The van der Waals surface area contributed by atoms with Gasteiger partial charge in [0.15, 0.2) is 6.61 Å². The maximum absolute atomic E-state index is 13.1. The summed E-state index contributed by atoms with van der Waals surface area (Å²) in [6, 6.07) is 5.32. The zero-order valence-electron chi connectivity index (χ0n) is 14.5. The quantitative estimate of drug-likeness (QED) is 0.464. The van der Waals surface area contributed by atoms with E-state index >= 15 is 0 Å². The monoisotopic (exact) mass is 374 g/mol. The molecule has 0 spiro atoms. The number of esters is 1. The molecular formula is C19H19FN2O5. The smallest absolute Gasteiger partial charge is 0.308 e. The minimum absolute atomic E-state index is 0.0605. The molecule has 1 N–H and O–H groups in total. The number of benzene rings is 1. The molecule has 0 radical (unpaired) electrons. The van der Waals surface area contributed by atoms with Gasteiger partial charge in [-0.1, -0.05) is 18.2 Å². The van der Waals surface area contributed by atoms with Crippen molar-refractivity contribution in [3.63, 3.8) is 0 Å². The van der Waals surface area contributed by atoms with Crippen LogP contribution in [0.4, 0.5) is 10.1 Å². The number of fused-ring (bicyclic) bond motifs is 1. The fourth-order valence-electron chi connectivity index (χ4n) is 3.27. The van der Waals surface area contributed by atoms with Crippen molar-refractivity contribution in [2.45, 2.75) is 19.3 Å². The summed E-state index contributed by atoms with van der Waals surface area (Å²) in [6.45, 7) is -0.596. The molecule has 1 heterocycles. The van der Waals surface area contributed by atoms with E-state index in [1.165, 1.54) is 18.2 Å². The first-order valence-electron chi connectivity index (χ1n) is 8.67. The highest BCUT2D eigenvalue weighted by Crippen LogP contribution is 2.34. The van der Waals surface area contributed by atoms with Crippen LogP contribution in [0.5, 0.6) is 0 Å². The maximum atomic E-state index is 13.1. The van der Waals surface area contributed by atoms with E-state index in [4.69, 9.17) is 4.74 Å². The van der Waals surface area contributed by atoms with Crippen LogP contribution < -0.4 is 5.32 Å². The molecule has 1 aromatic carbocycles. The number of imide groups is 1. The van der Waals surface area contributed by atoms with Gasteiger partial charge in [0.25, 0.3) is 5.91 Å². The second-order valence-electron chi connectivity index (χ2n) is 6.45. The van der Waals surface area contributed by atoms with Gasteiger partial charge in [-0.2, -0.15) is 0 Å². The Kier molecular flexibility index (Phi) is 5.63. The Bertz CT molecular complexity index is 781. The van der Waals surface area contributed by atoms with E-state index in [0.717, 1.165) is 11.0 Å². The maximum Gasteiger partial charge on any atom is 0.308 e. The number of hydrogen-bond acceptors (Lipinski definition) is 5. The summed E-state index contributed by atoms with van der Waals surface area (Å²) in [5.41, 5.74) is 0.250. The van der Waals surface area contributed by atoms with Crippen molar-refractivity contribution in [2.24, 2.45) is 11.8 Å². The third kappa shape index (κ3) is 4.39. The van der Waals surface area contributed by atoms with E-state index < -0.39 is 24.3 Å². The Labute approximate surface area is 155 Å². The molecule has 0 bridgehead atoms. The Morgan fingerprint density at radius 1 is 1.15 bits per heavy atom. The molecular weight excluding hydrogens is 355 g/mol. The predicted molar refractivity (Wildman–Crippen MR) is 92.7 cm³/mol. The standard InChI is InChI=1S/C19H19FN2O5/c20-12-4-3-5-13(10-12)21-16(23)11-27-17(24)8-9-22-18(25)14-6-1-2-7-15(14)19(22)26/h1-5,10,14-15H,6-9,11H2,(H,21,23)/t14-,15+. The number of hydrogen-bond donors (Lipinski definition) is 1. The zero-order valence-corrected chi connectivity index (χ0v) is 14.5. The summed E-state index contributed by atoms with van der Waals surface area (Å²) < 4.78 is 17.9. The van der Waals surface area contributed by atoms with Gasteiger partial charge < -0.3 is 10.1 Å². The number of carbonyl (C=O) groups excluding carboxylic acids is 4. The van der Waals surface area contributed by atoms with Gasteiger partial charge in [-0.15, -0.1) is 0 Å². The van der Waals surface area contributed by atoms with Crippen LogP contribution in [0.1, 0.15) is 19.3 Å². The van der Waals surface area contributed by atoms with Gasteiger partial charge in [0.2, 0.25) is 11.8 Å². The average molecular weight is 374 g/mol. The van der Waals surface area contributed by atoms with E-state index in [1.807, 2.05) is 12.2 Å². The van der Waals surface area contributed by atoms with E-state index in [2.05, 4.69) is 5.32 Å². The first-order valence-corrected chi connectivity index (χ1v) is 8.67. The van der Waals surface area contributed by atoms with Gasteiger partial charge in [-0.25, -0.2) is 4.39 Å². The highest BCUT2D eigenvalue weighted by Gasteiger charge is 2.46. The summed E-state index contributed by atoms with van der Waals surface area (Å²) >= 11 is 0. The van der Waals surface area contributed by atoms with Gasteiger partial charge >= 0.3 is 5.97 Å². The second kappa shape index (κ2) is 8.11. The molecule has 0 saturated carbocycles. The zero-order chi connectivity index (χ0) is 19.4. The highest BCUT2D eigenvalue weighted by molar-refractivity contribution is 6.05. The number of ether oxygens (including phenoxy) is 1. The van der Waals surface area contributed by atoms with Crippen LogP contribution in [0.25, 0.3) is 0 Å². The summed E-state index contributed by atoms with van der Waals surface area (Å²) in [5, 5.41) is 2.40. The summed E-state index contributed by atoms with van der Waals surface area (Å²) in [4.78, 5) is 49.2. The normalized spacial score (nSPS) is 21.1. The minimum atomic E-state index is -0.696. The van der Waals surface area contributed by atoms with Gasteiger partial charge in [0.05, 0.1) is 18.3 Å². The lowest BCUT2D eigenvalue weighted by Crippen LogP contribution is -2.33. The Morgan fingerprint density at radius 3 is 2.44 bits per heavy atom. The van der Waals surface area contributed by atoms with Crippen LogP contribution in [-0.2, 0) is 23.9 Å². The number of rotatable bonds is 6. The molecule has 1 aliphatic heterocycles. The number of nitrogens with zero attached hydrogens (tertiary/aromatic N) is 1. The topological polar surface area (TPSA) is 92.8 Å². The van der Waals surface area contributed by atoms with Gasteiger partial charge in [-0.3, -0.25) is 24.1 Å². The summed E-state index contributed by atoms with van der Waals surface area (Å²) in [6.07, 6.45) is 4.67. The first-order chi connectivity index (χ1) is 13.0. The molecule has 3 rings (SSSR count). The number of halogens is 1. The van der Waals surface area contributed by atoms with Crippen LogP contribution in [-0.4, -0.2) is 41.7 Å². The number of carbonyl (C=O) groups is 4. The Morgan fingerprint density at radius 2 is 1.81 bits per heavy atom. The molecule has 1 aliphatic carbocycles. The largest absolute Gasteiger partial charge is 0.456 e. The first kappa shape index (κ1) is 18.8. The number of nitrogens with one attached hydrogen (secondary N) is 1. The van der Waals surface area contributed by atoms with Crippen molar-refractivity contribution in [3.05, 3.63) is 42.2 Å². The molecule has 142 valence electrons. The SMILES string of the molecule is O=C(COC(=O)CCN1C(=O)[C@H]2CC=CC[C@H]2C1=O)Nc1cccc(F)c1. The van der Waals surface area contributed by atoms with Crippen LogP contribution in [0.2, 0.25) is 0 Å². The molecule has 2 aliphatic rings. The second-order valence-corrected chi connectivity index (χ2v) is 6.45. The summed E-state index contributed by atoms with van der Waals surface area (Å²) in [5.74, 6) is -3.00. The highest BCUT2D eigenvalue weighted by atomic mass is 19.1. The van der Waals surface area contributed by atoms with E-state index in [-0.39, 0.29) is 42.3 Å². The molecule has 1 saturated heterocycles. The third-order valence-corrected chi connectivity index (χ3v) is 4.61. The van der Waals surface area contributed by atoms with Crippen molar-refractivity contribution < 1.29 is 28.3 Å². The van der Waals surface area contributed by atoms with Crippen molar-refractivity contribution in [2.75, 3.05) is 18.5 Å². The fourth-order valence-corrected chi connectivity index (χ4v) is 3.27. The molecule has 27 heavy (non-hydrogen) atoms. The van der Waals surface area contributed by atoms with E-state index in [0.29, 0.717) is 12.8 Å². The van der Waals surface area contributed by atoms with E-state index in [1.54, 1.807) is 0 Å². The van der Waals surface area contributed by atoms with Crippen LogP contribution in [0.3, 0.4) is 0 Å². The van der Waals surface area contributed by atoms with E-state index in [9.17, 15) is 23.6 Å². The van der Waals surface area contributed by atoms with Crippen LogP contribution in [0.15, 0.2) is 36.4 Å². The van der Waals surface area contributed by atoms with Crippen LogP contribution >= 0.6 is 0 Å². The van der Waals surface area contributed by atoms with Crippen molar-refractivity contribution >= 4 is 29.4 Å². The Hall–Kier alpha value is -3.03. The minimum Gasteiger partial charge on any atom is -0.456 e. The van der Waals surface area contributed by atoms with Gasteiger partial charge in [0.1, 0.15) is 5.82 Å². The molecule has 1 fully saturated rings. The number of anilines is 1. The molecule has 8 heteroatoms. The van der Waals surface area contributed by atoms with Crippen molar-refractivity contribution in [1.29, 1.82) is 0 Å². The van der Waals surface area contributed by atoms with Crippen molar-refractivity contribution in [3.8, 4) is 0 Å². The molecule has 7 nitrogen and oxygen atoms in total. The number of likely N-dealkylation sites (tertiary alicyclic amines) is 1. The lowest BCUT2D eigenvalue weighted by Gasteiger charge is -2.14. The van der Waals surface area contributed by atoms with Crippen molar-refractivity contribution in [1.82, 2.24) is 4.90 Å². The predicted octanol–water partition coefficient (Wildman–Crippen LogP) is 1.65. The number of amides is 3. The molecule has 3 amide bonds. The average Bonchev–Trinajstić information content (AvgIpc) is 2.89. The lowest BCUT2D eigenvalue weighted by molar-refractivity contribution is -0.148. The fraction of sp³-hybridized carbons (Fsp3) is 0.368. The molecule has 0 aromatic heterocycles. The lowest BCUT2D eigenvalue weighted by atomic mass is 9.85. The molecule has 1 aromatic rings. The third-order valence-electron chi connectivity index (χ3n) is 4.61. The van der Waals surface area contributed by atoms with Gasteiger partial charge in [0, 0.05) is 12.2 Å². The Balaban J connectivity index is 1.43.